The van der Waals surface area contributed by atoms with Crippen LogP contribution in [0.1, 0.15) is 73.3 Å². The molecule has 1 aromatic carbocycles. The Morgan fingerprint density at radius 2 is 1.49 bits per heavy atom. The summed E-state index contributed by atoms with van der Waals surface area (Å²) >= 11 is 0. The number of ether oxygens (including phenoxy) is 4. The van der Waals surface area contributed by atoms with E-state index >= 15 is 0 Å². The number of fused-ring (bicyclic) bond motifs is 1. The second-order valence-electron chi connectivity index (χ2n) is 13.8. The number of ketones is 1. The van der Waals surface area contributed by atoms with Crippen LogP contribution in [0.15, 0.2) is 48.6 Å². The van der Waals surface area contributed by atoms with E-state index in [9.17, 15) is 29.1 Å². The van der Waals surface area contributed by atoms with E-state index in [-0.39, 0.29) is 25.0 Å². The van der Waals surface area contributed by atoms with Crippen molar-refractivity contribution >= 4 is 35.7 Å². The maximum atomic E-state index is 14.0. The Morgan fingerprint density at radius 3 is 2.07 bits per heavy atom. The van der Waals surface area contributed by atoms with Gasteiger partial charge in [-0.15, -0.1) is 0 Å². The van der Waals surface area contributed by atoms with Gasteiger partial charge in [0.25, 0.3) is 0 Å². The van der Waals surface area contributed by atoms with Gasteiger partial charge in [-0.3, -0.25) is 19.2 Å². The molecule has 0 aromatic heterocycles. The number of Topliss-reactive ketones (excluding diaryl/α,β-unsaturated/α-hetero) is 1. The van der Waals surface area contributed by atoms with Crippen LogP contribution < -0.4 is 0 Å². The Hall–Kier alpha value is -3.79. The molecule has 4 fully saturated rings. The third-order valence-electron chi connectivity index (χ3n) is 11.6. The van der Waals surface area contributed by atoms with Crippen molar-refractivity contribution < 1.29 is 48.0 Å². The smallest absolute Gasteiger partial charge is 0.331 e. The van der Waals surface area contributed by atoms with Crippen LogP contribution in [-0.4, -0.2) is 64.8 Å². The summed E-state index contributed by atoms with van der Waals surface area (Å²) in [5.74, 6) is -3.88. The summed E-state index contributed by atoms with van der Waals surface area (Å²) in [4.78, 5) is 65.5. The van der Waals surface area contributed by atoms with Gasteiger partial charge in [-0.1, -0.05) is 64.6 Å². The molecule has 242 valence electrons. The molecule has 0 amide bonds. The van der Waals surface area contributed by atoms with E-state index in [0.29, 0.717) is 5.57 Å². The van der Waals surface area contributed by atoms with Crippen LogP contribution in [0.5, 0.6) is 0 Å². The van der Waals surface area contributed by atoms with Crippen molar-refractivity contribution in [1.82, 2.24) is 0 Å². The predicted octanol–water partition coefficient (Wildman–Crippen LogP) is 4.13. The lowest BCUT2D eigenvalue weighted by molar-refractivity contribution is -0.220. The SMILES string of the molecule is C=C1[C@@H](OC(=O)/C=C/c2ccccc2)CC[C@@]2(C)[C@@H](OC(C)=O)[C@H](OC(C)=O)[C@@]34[C@H](C)C(=O)C[C@@](O)([C@@H](OC(C)=O)C132)C4(C)C. The lowest BCUT2D eigenvalue weighted by Gasteiger charge is -2.60. The predicted molar refractivity (Wildman–Crippen MR) is 161 cm³/mol. The molecule has 0 aliphatic heterocycles. The Labute approximate surface area is 263 Å². The van der Waals surface area contributed by atoms with E-state index < -0.39 is 81.5 Å². The average Bonchev–Trinajstić information content (AvgIpc) is 3.17. The van der Waals surface area contributed by atoms with Gasteiger partial charge in [0.1, 0.15) is 35.8 Å². The quantitative estimate of drug-likeness (QED) is 0.213. The van der Waals surface area contributed by atoms with Crippen LogP contribution in [0, 0.1) is 27.6 Å². The number of rotatable bonds is 6. The second kappa shape index (κ2) is 10.6. The van der Waals surface area contributed by atoms with Crippen molar-refractivity contribution in [3.8, 4) is 0 Å². The van der Waals surface area contributed by atoms with E-state index in [0.717, 1.165) is 5.56 Å². The Morgan fingerprint density at radius 1 is 0.911 bits per heavy atom. The summed E-state index contributed by atoms with van der Waals surface area (Å²) in [6, 6.07) is 9.22. The Bertz CT molecular complexity index is 1490. The first-order chi connectivity index (χ1) is 20.9. The summed E-state index contributed by atoms with van der Waals surface area (Å²) in [6.45, 7) is 15.2. The standard InChI is InChI=1S/C35H42O10/c1-19-25(39)18-33(41)30(44-23(5)38)35-20(2)26(45-27(40)15-14-24-12-10-9-11-13-24)16-17-32(35,8)28(42-21(3)36)29(43-22(4)37)34(19,35)31(33,6)7/h9-15,19,26,28-30,41H,2,16-18H2,1,3-8H3/b15-14+/t19-,26+,28+,29+,30-,32+,33-,34-,35?/m1/s1. The summed E-state index contributed by atoms with van der Waals surface area (Å²) in [6.07, 6.45) is -1.60. The number of aliphatic hydroxyl groups is 1. The molecule has 0 heterocycles. The van der Waals surface area contributed by atoms with Gasteiger partial charge in [-0.2, -0.15) is 0 Å². The van der Waals surface area contributed by atoms with Gasteiger partial charge in [0, 0.05) is 55.4 Å². The molecule has 9 atom stereocenters. The van der Waals surface area contributed by atoms with Crippen LogP contribution in [0.2, 0.25) is 0 Å². The van der Waals surface area contributed by atoms with Gasteiger partial charge >= 0.3 is 23.9 Å². The number of carbonyl (C=O) groups is 5. The minimum Gasteiger partial charge on any atom is -0.458 e. The third kappa shape index (κ3) is 4.06. The maximum absolute atomic E-state index is 14.0. The highest BCUT2D eigenvalue weighted by Crippen LogP contribution is 2.87. The second-order valence-corrected chi connectivity index (χ2v) is 13.8. The van der Waals surface area contributed by atoms with Crippen LogP contribution in [-0.2, 0) is 42.9 Å². The summed E-state index contributed by atoms with van der Waals surface area (Å²) in [7, 11) is 0. The van der Waals surface area contributed by atoms with E-state index in [4.69, 9.17) is 18.9 Å². The fraction of sp³-hybridized carbons (Fsp3) is 0.571. The molecule has 1 N–H and O–H groups in total. The molecular weight excluding hydrogens is 580 g/mol. The molecule has 5 rings (SSSR count). The molecule has 10 heteroatoms. The lowest BCUT2D eigenvalue weighted by atomic mass is 9.42. The molecule has 1 unspecified atom stereocenters. The highest BCUT2D eigenvalue weighted by atomic mass is 16.6. The minimum atomic E-state index is -1.94. The fourth-order valence-electron chi connectivity index (χ4n) is 10.1. The zero-order valence-corrected chi connectivity index (χ0v) is 26.9. The molecule has 1 aromatic rings. The van der Waals surface area contributed by atoms with Crippen molar-refractivity contribution in [2.24, 2.45) is 27.6 Å². The largest absolute Gasteiger partial charge is 0.458 e. The molecule has 2 bridgehead atoms. The molecule has 0 saturated heterocycles. The van der Waals surface area contributed by atoms with Crippen molar-refractivity contribution in [2.75, 3.05) is 0 Å². The molecule has 2 spiro atoms. The van der Waals surface area contributed by atoms with E-state index in [1.54, 1.807) is 26.8 Å². The van der Waals surface area contributed by atoms with Gasteiger partial charge in [0.2, 0.25) is 0 Å². The number of hydrogen-bond acceptors (Lipinski definition) is 10. The van der Waals surface area contributed by atoms with Gasteiger partial charge < -0.3 is 24.1 Å². The highest BCUT2D eigenvalue weighted by molar-refractivity contribution is 5.88. The number of esters is 4. The van der Waals surface area contributed by atoms with Crippen LogP contribution in [0.25, 0.3) is 6.08 Å². The number of carbonyl (C=O) groups excluding carboxylic acids is 5. The average molecular weight is 623 g/mol. The van der Waals surface area contributed by atoms with Gasteiger partial charge in [-0.05, 0) is 30.1 Å². The first-order valence-electron chi connectivity index (χ1n) is 15.3. The summed E-state index contributed by atoms with van der Waals surface area (Å²) in [5.41, 5.74) is -6.38. The lowest BCUT2D eigenvalue weighted by Crippen LogP contribution is -2.65. The normalized spacial score (nSPS) is 39.5. The molecule has 0 radical (unpaired) electrons. The maximum Gasteiger partial charge on any atom is 0.331 e. The van der Waals surface area contributed by atoms with Crippen LogP contribution in [0.4, 0.5) is 0 Å². The Kier molecular flexibility index (Phi) is 7.71. The van der Waals surface area contributed by atoms with Crippen molar-refractivity contribution in [2.45, 2.75) is 97.7 Å². The fourth-order valence-corrected chi connectivity index (χ4v) is 10.1. The molecule has 4 aliphatic rings. The van der Waals surface area contributed by atoms with Crippen molar-refractivity contribution in [1.29, 1.82) is 0 Å². The number of benzene rings is 1. The van der Waals surface area contributed by atoms with E-state index in [1.807, 2.05) is 37.3 Å². The van der Waals surface area contributed by atoms with Crippen molar-refractivity contribution in [3.63, 3.8) is 0 Å². The highest BCUT2D eigenvalue weighted by Gasteiger charge is 2.96. The summed E-state index contributed by atoms with van der Waals surface area (Å²) < 4.78 is 24.2. The first kappa shape index (κ1) is 32.6. The monoisotopic (exact) mass is 622 g/mol. The Balaban J connectivity index is 1.77. The molecule has 4 aliphatic carbocycles. The van der Waals surface area contributed by atoms with Gasteiger partial charge in [0.05, 0.1) is 5.41 Å². The van der Waals surface area contributed by atoms with Crippen LogP contribution >= 0.6 is 0 Å². The van der Waals surface area contributed by atoms with E-state index in [2.05, 4.69) is 6.58 Å². The minimum absolute atomic E-state index is 0.231. The van der Waals surface area contributed by atoms with E-state index in [1.165, 1.54) is 26.8 Å². The topological polar surface area (TPSA) is 142 Å². The molecule has 10 nitrogen and oxygen atoms in total. The van der Waals surface area contributed by atoms with Gasteiger partial charge in [0.15, 0.2) is 0 Å². The zero-order valence-electron chi connectivity index (χ0n) is 26.9. The van der Waals surface area contributed by atoms with Crippen molar-refractivity contribution in [3.05, 3.63) is 54.1 Å². The van der Waals surface area contributed by atoms with Gasteiger partial charge in [-0.25, -0.2) is 4.79 Å². The summed E-state index contributed by atoms with van der Waals surface area (Å²) in [5, 5.41) is 12.7. The molecule has 45 heavy (non-hydrogen) atoms. The van der Waals surface area contributed by atoms with Crippen LogP contribution in [0.3, 0.4) is 0 Å². The molecule has 4 saturated carbocycles. The number of hydrogen-bond donors (Lipinski definition) is 1. The first-order valence-corrected chi connectivity index (χ1v) is 15.3. The zero-order chi connectivity index (χ0) is 33.3. The molecular formula is C35H42O10. The third-order valence-corrected chi connectivity index (χ3v) is 11.6.